The third-order valence-electron chi connectivity index (χ3n) is 3.72. The van der Waals surface area contributed by atoms with Crippen LogP contribution in [0.5, 0.6) is 0 Å². The van der Waals surface area contributed by atoms with Crippen LogP contribution >= 0.6 is 0 Å². The number of sulfone groups is 1. The second-order valence-corrected chi connectivity index (χ2v) is 7.95. The Morgan fingerprint density at radius 2 is 1.93 bits per heavy atom. The van der Waals surface area contributed by atoms with E-state index in [1.54, 1.807) is 6.08 Å². The van der Waals surface area contributed by atoms with Crippen LogP contribution < -0.4 is 5.32 Å². The fraction of sp³-hybridized carbons (Fsp3) is 0.211. The van der Waals surface area contributed by atoms with E-state index in [0.717, 1.165) is 17.9 Å². The van der Waals surface area contributed by atoms with Gasteiger partial charge in [-0.1, -0.05) is 42.5 Å². The minimum absolute atomic E-state index is 0.112. The first kappa shape index (κ1) is 21.1. The number of nitrogens with zero attached hydrogens (tertiary/aromatic N) is 1. The van der Waals surface area contributed by atoms with E-state index >= 15 is 0 Å². The number of rotatable bonds is 8. The van der Waals surface area contributed by atoms with Crippen LogP contribution in [0.2, 0.25) is 0 Å². The lowest BCUT2D eigenvalue weighted by atomic mass is 10.1. The van der Waals surface area contributed by atoms with Crippen LogP contribution in [0.3, 0.4) is 0 Å². The lowest BCUT2D eigenvalue weighted by molar-refractivity contribution is -0.385. The third kappa shape index (κ3) is 6.51. The zero-order chi connectivity index (χ0) is 20.6. The maximum Gasteiger partial charge on any atom is 0.407 e. The second kappa shape index (κ2) is 9.65. The summed E-state index contributed by atoms with van der Waals surface area (Å²) in [6.45, 7) is 0.459. The Morgan fingerprint density at radius 3 is 2.57 bits per heavy atom. The predicted molar refractivity (Wildman–Crippen MR) is 104 cm³/mol. The molecule has 0 radical (unpaired) electrons. The summed E-state index contributed by atoms with van der Waals surface area (Å²) in [7, 11) is -3.53. The van der Waals surface area contributed by atoms with E-state index in [9.17, 15) is 23.3 Å². The van der Waals surface area contributed by atoms with Gasteiger partial charge < -0.3 is 10.1 Å². The van der Waals surface area contributed by atoms with E-state index in [0.29, 0.717) is 13.0 Å². The fourth-order valence-corrected chi connectivity index (χ4v) is 2.94. The number of ether oxygens (including phenoxy) is 1. The van der Waals surface area contributed by atoms with Gasteiger partial charge in [-0.25, -0.2) is 13.2 Å². The maximum absolute atomic E-state index is 11.6. The van der Waals surface area contributed by atoms with E-state index in [1.165, 1.54) is 18.2 Å². The predicted octanol–water partition coefficient (Wildman–Crippen LogP) is 3.33. The fourth-order valence-electron chi connectivity index (χ4n) is 2.30. The Balaban J connectivity index is 1.85. The number of benzene rings is 2. The lowest BCUT2D eigenvalue weighted by Crippen LogP contribution is -2.24. The Labute approximate surface area is 162 Å². The molecule has 2 aromatic carbocycles. The summed E-state index contributed by atoms with van der Waals surface area (Å²) >= 11 is 0. The van der Waals surface area contributed by atoms with Crippen molar-refractivity contribution in [3.8, 4) is 0 Å². The van der Waals surface area contributed by atoms with Crippen LogP contribution in [0, 0.1) is 10.1 Å². The lowest BCUT2D eigenvalue weighted by Gasteiger charge is -2.06. The molecule has 0 atom stereocenters. The van der Waals surface area contributed by atoms with Gasteiger partial charge >= 0.3 is 6.09 Å². The molecule has 2 aromatic rings. The van der Waals surface area contributed by atoms with Gasteiger partial charge in [-0.15, -0.1) is 0 Å². The van der Waals surface area contributed by atoms with Crippen LogP contribution in [0.4, 0.5) is 10.5 Å². The van der Waals surface area contributed by atoms with Crippen LogP contribution in [-0.2, 0) is 21.2 Å². The highest BCUT2D eigenvalue weighted by Crippen LogP contribution is 2.24. The van der Waals surface area contributed by atoms with Crippen molar-refractivity contribution in [2.45, 2.75) is 17.9 Å². The number of carbonyl (C=O) groups excluding carboxylic acids is 1. The van der Waals surface area contributed by atoms with Gasteiger partial charge in [0.25, 0.3) is 5.69 Å². The molecule has 28 heavy (non-hydrogen) atoms. The van der Waals surface area contributed by atoms with Crippen molar-refractivity contribution in [1.29, 1.82) is 0 Å². The van der Waals surface area contributed by atoms with Gasteiger partial charge in [0.15, 0.2) is 9.84 Å². The molecule has 9 heteroatoms. The highest BCUT2D eigenvalue weighted by Gasteiger charge is 2.17. The van der Waals surface area contributed by atoms with Crippen molar-refractivity contribution in [3.05, 3.63) is 75.8 Å². The number of carbonyl (C=O) groups is 1. The number of alkyl carbamates (subject to hydrolysis) is 1. The standard InChI is InChI=1S/C19H20N2O6S/c1-28(25,26)17-11-10-16(18(13-17)21(23)24)9-5-6-12-20-19(22)27-14-15-7-3-2-4-8-15/h2-5,7-11,13H,6,12,14H2,1H3,(H,20,22). The summed E-state index contributed by atoms with van der Waals surface area (Å²) in [5.41, 5.74) is 0.862. The van der Waals surface area contributed by atoms with Crippen LogP contribution in [0.1, 0.15) is 17.5 Å². The molecular weight excluding hydrogens is 384 g/mol. The molecule has 0 aliphatic heterocycles. The summed E-state index contributed by atoms with van der Waals surface area (Å²) in [4.78, 5) is 22.0. The van der Waals surface area contributed by atoms with E-state index in [-0.39, 0.29) is 22.8 Å². The first-order chi connectivity index (χ1) is 13.3. The molecule has 1 amide bonds. The molecule has 1 N–H and O–H groups in total. The number of amides is 1. The van der Waals surface area contributed by atoms with E-state index in [2.05, 4.69) is 5.32 Å². The highest BCUT2D eigenvalue weighted by atomic mass is 32.2. The smallest absolute Gasteiger partial charge is 0.407 e. The third-order valence-corrected chi connectivity index (χ3v) is 4.83. The average Bonchev–Trinajstić information content (AvgIpc) is 2.66. The Kier molecular flexibility index (Phi) is 7.28. The van der Waals surface area contributed by atoms with Crippen molar-refractivity contribution in [2.75, 3.05) is 12.8 Å². The van der Waals surface area contributed by atoms with Gasteiger partial charge in [0.1, 0.15) is 6.61 Å². The van der Waals surface area contributed by atoms with E-state index < -0.39 is 20.9 Å². The van der Waals surface area contributed by atoms with Gasteiger partial charge in [0.2, 0.25) is 0 Å². The summed E-state index contributed by atoms with van der Waals surface area (Å²) in [6.07, 6.45) is 4.03. The van der Waals surface area contributed by atoms with Crippen molar-refractivity contribution in [1.82, 2.24) is 5.32 Å². The molecular formula is C19H20N2O6S. The summed E-state index contributed by atoms with van der Waals surface area (Å²) < 4.78 is 28.1. The molecule has 0 spiro atoms. The van der Waals surface area contributed by atoms with Crippen molar-refractivity contribution < 1.29 is 22.9 Å². The largest absolute Gasteiger partial charge is 0.445 e. The SMILES string of the molecule is CS(=O)(=O)c1ccc(C=CCCNC(=O)OCc2ccccc2)c([N+](=O)[O-])c1. The molecule has 0 heterocycles. The van der Waals surface area contributed by atoms with Gasteiger partial charge in [-0.05, 0) is 24.1 Å². The van der Waals surface area contributed by atoms with Gasteiger partial charge in [-0.3, -0.25) is 10.1 Å². The van der Waals surface area contributed by atoms with E-state index in [4.69, 9.17) is 4.74 Å². The van der Waals surface area contributed by atoms with Gasteiger partial charge in [0, 0.05) is 18.9 Å². The van der Waals surface area contributed by atoms with Crippen molar-refractivity contribution >= 4 is 27.7 Å². The molecule has 0 saturated carbocycles. The highest BCUT2D eigenvalue weighted by molar-refractivity contribution is 7.90. The Hall–Kier alpha value is -3.20. The average molecular weight is 404 g/mol. The zero-order valence-corrected chi connectivity index (χ0v) is 16.0. The van der Waals surface area contributed by atoms with Crippen LogP contribution in [-0.4, -0.2) is 32.2 Å². The maximum atomic E-state index is 11.6. The Morgan fingerprint density at radius 1 is 1.21 bits per heavy atom. The number of hydrogen-bond acceptors (Lipinski definition) is 6. The minimum Gasteiger partial charge on any atom is -0.445 e. The monoisotopic (exact) mass is 404 g/mol. The van der Waals surface area contributed by atoms with Gasteiger partial charge in [0.05, 0.1) is 15.4 Å². The number of nitro benzene ring substituents is 1. The molecule has 8 nitrogen and oxygen atoms in total. The quantitative estimate of drug-likeness (QED) is 0.410. The van der Waals surface area contributed by atoms with E-state index in [1.807, 2.05) is 30.3 Å². The molecule has 0 aliphatic carbocycles. The zero-order valence-electron chi connectivity index (χ0n) is 15.2. The Bertz CT molecular complexity index is 971. The molecule has 0 saturated heterocycles. The summed E-state index contributed by atoms with van der Waals surface area (Å²) in [5, 5.41) is 13.8. The topological polar surface area (TPSA) is 116 Å². The number of nitrogens with one attached hydrogen (secondary N) is 1. The summed E-state index contributed by atoms with van der Waals surface area (Å²) in [5.74, 6) is 0. The number of nitro groups is 1. The molecule has 148 valence electrons. The van der Waals surface area contributed by atoms with Crippen molar-refractivity contribution in [3.63, 3.8) is 0 Å². The number of hydrogen-bond donors (Lipinski definition) is 1. The molecule has 2 rings (SSSR count). The molecule has 0 aromatic heterocycles. The molecule has 0 bridgehead atoms. The van der Waals surface area contributed by atoms with Crippen LogP contribution in [0.25, 0.3) is 6.08 Å². The van der Waals surface area contributed by atoms with Crippen molar-refractivity contribution in [2.24, 2.45) is 0 Å². The molecule has 0 aliphatic rings. The van der Waals surface area contributed by atoms with Crippen LogP contribution in [0.15, 0.2) is 59.5 Å². The van der Waals surface area contributed by atoms with Gasteiger partial charge in [-0.2, -0.15) is 0 Å². The molecule has 0 unspecified atom stereocenters. The molecule has 0 fully saturated rings. The second-order valence-electron chi connectivity index (χ2n) is 5.93. The first-order valence-corrected chi connectivity index (χ1v) is 10.3. The first-order valence-electron chi connectivity index (χ1n) is 8.37. The normalized spacial score (nSPS) is 11.3. The summed E-state index contributed by atoms with van der Waals surface area (Å²) in [6, 6.07) is 13.0. The minimum atomic E-state index is -3.53.